The van der Waals surface area contributed by atoms with Crippen LogP contribution >= 0.6 is 23.2 Å². The fourth-order valence-electron chi connectivity index (χ4n) is 3.34. The molecule has 0 bridgehead atoms. The van der Waals surface area contributed by atoms with Gasteiger partial charge in [0.05, 0.1) is 17.7 Å². The molecule has 0 saturated carbocycles. The van der Waals surface area contributed by atoms with Crippen LogP contribution in [0.1, 0.15) is 17.5 Å². The van der Waals surface area contributed by atoms with Gasteiger partial charge in [-0.05, 0) is 55.0 Å². The Morgan fingerprint density at radius 3 is 2.68 bits per heavy atom. The molecule has 1 aliphatic heterocycles. The summed E-state index contributed by atoms with van der Waals surface area (Å²) in [5.74, 6) is 0.117. The molecule has 1 saturated heterocycles. The second-order valence-corrected chi connectivity index (χ2v) is 7.30. The first-order valence-corrected chi connectivity index (χ1v) is 9.37. The highest BCUT2D eigenvalue weighted by Crippen LogP contribution is 2.28. The van der Waals surface area contributed by atoms with E-state index in [-0.39, 0.29) is 11.1 Å². The summed E-state index contributed by atoms with van der Waals surface area (Å²) in [5.41, 5.74) is 1.97. The number of hydrogen-bond acceptors (Lipinski definition) is 2. The highest BCUT2D eigenvalue weighted by atomic mass is 35.5. The van der Waals surface area contributed by atoms with Gasteiger partial charge in [0.1, 0.15) is 5.82 Å². The van der Waals surface area contributed by atoms with E-state index in [1.54, 1.807) is 0 Å². The van der Waals surface area contributed by atoms with Gasteiger partial charge in [-0.25, -0.2) is 4.39 Å². The van der Waals surface area contributed by atoms with Gasteiger partial charge in [0.25, 0.3) is 0 Å². The molecule has 0 amide bonds. The minimum Gasteiger partial charge on any atom is -0.377 e. The van der Waals surface area contributed by atoms with Crippen LogP contribution in [0.5, 0.6) is 0 Å². The molecule has 0 aromatic heterocycles. The van der Waals surface area contributed by atoms with Crippen molar-refractivity contribution in [1.29, 1.82) is 0 Å². The van der Waals surface area contributed by atoms with Crippen LogP contribution in [0.15, 0.2) is 42.5 Å². The van der Waals surface area contributed by atoms with Crippen LogP contribution in [0, 0.1) is 11.7 Å². The summed E-state index contributed by atoms with van der Waals surface area (Å²) in [4.78, 5) is 0. The van der Waals surface area contributed by atoms with E-state index in [9.17, 15) is 4.39 Å². The monoisotopic (exact) mass is 381 g/mol. The number of piperidine rings is 1. The molecule has 2 aromatic rings. The standard InChI is InChI=1S/C20H22Cl2FNO/c21-18-6-7-19(23)20(22)17(18)8-9-25-16-11-15(12-24-13-16)10-14-4-2-1-3-5-14/h1-7,15-16,24H,8-13H2. The lowest BCUT2D eigenvalue weighted by molar-refractivity contribution is 0.0242. The Bertz CT molecular complexity index is 696. The van der Waals surface area contributed by atoms with Gasteiger partial charge < -0.3 is 10.1 Å². The lowest BCUT2D eigenvalue weighted by Crippen LogP contribution is -2.41. The SMILES string of the molecule is Fc1ccc(Cl)c(CCOC2CNCC(Cc3ccccc3)C2)c1Cl. The lowest BCUT2D eigenvalue weighted by Gasteiger charge is -2.30. The van der Waals surface area contributed by atoms with Crippen molar-refractivity contribution in [2.24, 2.45) is 5.92 Å². The third-order valence-electron chi connectivity index (χ3n) is 4.61. The lowest BCUT2D eigenvalue weighted by atomic mass is 9.91. The molecule has 1 aliphatic rings. The Hall–Kier alpha value is -1.13. The third-order valence-corrected chi connectivity index (χ3v) is 5.38. The number of benzene rings is 2. The quantitative estimate of drug-likeness (QED) is 0.717. The third kappa shape index (κ3) is 5.18. The van der Waals surface area contributed by atoms with Gasteiger partial charge in [-0.15, -0.1) is 0 Å². The molecule has 3 rings (SSSR count). The van der Waals surface area contributed by atoms with Gasteiger partial charge in [-0.3, -0.25) is 0 Å². The van der Waals surface area contributed by atoms with Crippen LogP contribution in [0.2, 0.25) is 10.0 Å². The van der Waals surface area contributed by atoms with Crippen LogP contribution in [0.3, 0.4) is 0 Å². The molecule has 0 radical (unpaired) electrons. The average Bonchev–Trinajstić information content (AvgIpc) is 2.62. The topological polar surface area (TPSA) is 21.3 Å². The summed E-state index contributed by atoms with van der Waals surface area (Å²) in [6.45, 7) is 2.33. The maximum Gasteiger partial charge on any atom is 0.142 e. The number of halogens is 3. The second-order valence-electron chi connectivity index (χ2n) is 6.51. The molecular formula is C20H22Cl2FNO. The van der Waals surface area contributed by atoms with Crippen LogP contribution in [0.4, 0.5) is 4.39 Å². The molecule has 0 aliphatic carbocycles. The Morgan fingerprint density at radius 1 is 1.08 bits per heavy atom. The van der Waals surface area contributed by atoms with Crippen molar-refractivity contribution in [2.75, 3.05) is 19.7 Å². The Kier molecular flexibility index (Phi) is 6.71. The summed E-state index contributed by atoms with van der Waals surface area (Å²) in [7, 11) is 0. The molecule has 0 spiro atoms. The number of nitrogens with one attached hydrogen (secondary N) is 1. The Balaban J connectivity index is 1.49. The molecule has 2 atom stereocenters. The Labute approximate surface area is 158 Å². The zero-order chi connectivity index (χ0) is 17.6. The highest BCUT2D eigenvalue weighted by molar-refractivity contribution is 6.36. The van der Waals surface area contributed by atoms with Gasteiger partial charge in [0.15, 0.2) is 0 Å². The summed E-state index contributed by atoms with van der Waals surface area (Å²) in [5, 5.41) is 4.03. The Morgan fingerprint density at radius 2 is 1.88 bits per heavy atom. The van der Waals surface area contributed by atoms with Crippen molar-refractivity contribution >= 4 is 23.2 Å². The van der Waals surface area contributed by atoms with Crippen molar-refractivity contribution in [3.05, 3.63) is 69.5 Å². The van der Waals surface area contributed by atoms with E-state index in [4.69, 9.17) is 27.9 Å². The van der Waals surface area contributed by atoms with Crippen molar-refractivity contribution in [3.8, 4) is 0 Å². The van der Waals surface area contributed by atoms with E-state index in [0.717, 1.165) is 25.9 Å². The summed E-state index contributed by atoms with van der Waals surface area (Å²) in [6.07, 6.45) is 2.74. The first-order valence-electron chi connectivity index (χ1n) is 8.62. The smallest absolute Gasteiger partial charge is 0.142 e. The predicted octanol–water partition coefficient (Wildman–Crippen LogP) is 4.91. The predicted molar refractivity (Wildman–Crippen MR) is 101 cm³/mol. The molecule has 2 nitrogen and oxygen atoms in total. The minimum atomic E-state index is -0.441. The van der Waals surface area contributed by atoms with Gasteiger partial charge in [0, 0.05) is 11.6 Å². The van der Waals surface area contributed by atoms with Crippen molar-refractivity contribution in [3.63, 3.8) is 0 Å². The minimum absolute atomic E-state index is 0.0971. The van der Waals surface area contributed by atoms with E-state index in [1.165, 1.54) is 17.7 Å². The zero-order valence-electron chi connectivity index (χ0n) is 14.0. The number of ether oxygens (including phenoxy) is 1. The van der Waals surface area contributed by atoms with Gasteiger partial charge in [-0.1, -0.05) is 53.5 Å². The molecule has 5 heteroatoms. The highest BCUT2D eigenvalue weighted by Gasteiger charge is 2.22. The van der Waals surface area contributed by atoms with Crippen LogP contribution < -0.4 is 5.32 Å². The summed E-state index contributed by atoms with van der Waals surface area (Å²) >= 11 is 12.1. The zero-order valence-corrected chi connectivity index (χ0v) is 15.5. The van der Waals surface area contributed by atoms with Gasteiger partial charge >= 0.3 is 0 Å². The van der Waals surface area contributed by atoms with Crippen LogP contribution in [-0.2, 0) is 17.6 Å². The van der Waals surface area contributed by atoms with E-state index >= 15 is 0 Å². The van der Waals surface area contributed by atoms with E-state index in [2.05, 4.69) is 29.6 Å². The molecular weight excluding hydrogens is 360 g/mol. The van der Waals surface area contributed by atoms with Gasteiger partial charge in [-0.2, -0.15) is 0 Å². The fraction of sp³-hybridized carbons (Fsp3) is 0.400. The molecule has 1 N–H and O–H groups in total. The molecule has 1 heterocycles. The summed E-state index contributed by atoms with van der Waals surface area (Å²) < 4.78 is 19.6. The average molecular weight is 382 g/mol. The van der Waals surface area contributed by atoms with E-state index < -0.39 is 5.82 Å². The van der Waals surface area contributed by atoms with Crippen molar-refractivity contribution < 1.29 is 9.13 Å². The van der Waals surface area contributed by atoms with E-state index in [0.29, 0.717) is 29.5 Å². The van der Waals surface area contributed by atoms with E-state index in [1.807, 2.05) is 6.07 Å². The normalized spacial score (nSPS) is 20.6. The largest absolute Gasteiger partial charge is 0.377 e. The number of hydrogen-bond donors (Lipinski definition) is 1. The molecule has 134 valence electrons. The van der Waals surface area contributed by atoms with Crippen LogP contribution in [-0.4, -0.2) is 25.8 Å². The first kappa shape index (κ1) is 18.7. The molecule has 25 heavy (non-hydrogen) atoms. The van der Waals surface area contributed by atoms with Crippen molar-refractivity contribution in [1.82, 2.24) is 5.32 Å². The maximum absolute atomic E-state index is 13.6. The molecule has 2 unspecified atom stereocenters. The second kappa shape index (κ2) is 9.00. The first-order chi connectivity index (χ1) is 12.1. The fourth-order valence-corrected chi connectivity index (χ4v) is 3.90. The maximum atomic E-state index is 13.6. The van der Waals surface area contributed by atoms with Crippen molar-refractivity contribution in [2.45, 2.75) is 25.4 Å². The van der Waals surface area contributed by atoms with Crippen LogP contribution in [0.25, 0.3) is 0 Å². The molecule has 1 fully saturated rings. The van der Waals surface area contributed by atoms with Gasteiger partial charge in [0.2, 0.25) is 0 Å². The summed E-state index contributed by atoms with van der Waals surface area (Å²) in [6, 6.07) is 13.3. The molecule has 2 aromatic carbocycles. The number of rotatable bonds is 6.